The predicted molar refractivity (Wildman–Crippen MR) is 106 cm³/mol. The van der Waals surface area contributed by atoms with Gasteiger partial charge in [-0.1, -0.05) is 66.2 Å². The largest absolute Gasteiger partial charge is 0.452 e. The van der Waals surface area contributed by atoms with Crippen LogP contribution in [0.1, 0.15) is 21.5 Å². The number of hydrogen-bond acceptors (Lipinski definition) is 3. The fraction of sp³-hybridized carbons (Fsp3) is 0.0909. The van der Waals surface area contributed by atoms with Gasteiger partial charge in [-0.2, -0.15) is 0 Å². The van der Waals surface area contributed by atoms with E-state index in [1.165, 1.54) is 0 Å². The summed E-state index contributed by atoms with van der Waals surface area (Å²) in [6, 6.07) is 23.9. The molecule has 0 radical (unpaired) electrons. The smallest absolute Gasteiger partial charge is 0.338 e. The fourth-order valence-corrected chi connectivity index (χ4v) is 2.85. The number of carbonyl (C=O) groups excluding carboxylic acids is 2. The standard InChI is InChI=1S/C22H18ClNO3/c23-18-10-6-11-19(14-18)24-21(25)15-27-22(26)20-12-5-4-9-17(20)13-16-7-2-1-3-8-16/h1-12,14H,13,15H2,(H,24,25). The van der Waals surface area contributed by atoms with E-state index in [1.807, 2.05) is 42.5 Å². The van der Waals surface area contributed by atoms with Crippen molar-refractivity contribution in [2.45, 2.75) is 6.42 Å². The van der Waals surface area contributed by atoms with Gasteiger partial charge in [0.1, 0.15) is 0 Å². The summed E-state index contributed by atoms with van der Waals surface area (Å²) in [7, 11) is 0. The van der Waals surface area contributed by atoms with Gasteiger partial charge in [0, 0.05) is 10.7 Å². The Bertz CT molecular complexity index is 941. The highest BCUT2D eigenvalue weighted by Crippen LogP contribution is 2.16. The molecular weight excluding hydrogens is 362 g/mol. The molecule has 0 saturated heterocycles. The molecule has 0 fully saturated rings. The van der Waals surface area contributed by atoms with Crippen molar-refractivity contribution in [2.24, 2.45) is 0 Å². The topological polar surface area (TPSA) is 55.4 Å². The Morgan fingerprint density at radius 1 is 0.889 bits per heavy atom. The molecule has 136 valence electrons. The number of hydrogen-bond donors (Lipinski definition) is 1. The summed E-state index contributed by atoms with van der Waals surface area (Å²) in [5.74, 6) is -0.950. The van der Waals surface area contributed by atoms with E-state index in [1.54, 1.807) is 36.4 Å². The molecule has 0 saturated carbocycles. The second kappa shape index (κ2) is 9.01. The molecule has 5 heteroatoms. The van der Waals surface area contributed by atoms with Gasteiger partial charge in [0.05, 0.1) is 5.56 Å². The van der Waals surface area contributed by atoms with Crippen LogP contribution >= 0.6 is 11.6 Å². The minimum atomic E-state index is -0.525. The van der Waals surface area contributed by atoms with Crippen LogP contribution in [-0.2, 0) is 16.0 Å². The lowest BCUT2D eigenvalue weighted by Crippen LogP contribution is -2.21. The zero-order chi connectivity index (χ0) is 19.1. The van der Waals surface area contributed by atoms with Gasteiger partial charge in [0.15, 0.2) is 6.61 Å². The molecular formula is C22H18ClNO3. The molecule has 0 heterocycles. The molecule has 4 nitrogen and oxygen atoms in total. The van der Waals surface area contributed by atoms with Crippen LogP contribution in [0.4, 0.5) is 5.69 Å². The summed E-state index contributed by atoms with van der Waals surface area (Å²) >= 11 is 5.88. The second-order valence-electron chi connectivity index (χ2n) is 5.95. The minimum absolute atomic E-state index is 0.370. The van der Waals surface area contributed by atoms with Crippen molar-refractivity contribution in [1.82, 2.24) is 0 Å². The maximum Gasteiger partial charge on any atom is 0.338 e. The van der Waals surface area contributed by atoms with Crippen molar-refractivity contribution in [2.75, 3.05) is 11.9 Å². The third-order valence-corrected chi connectivity index (χ3v) is 4.15. The van der Waals surface area contributed by atoms with E-state index in [0.29, 0.717) is 22.7 Å². The zero-order valence-corrected chi connectivity index (χ0v) is 15.3. The summed E-state index contributed by atoms with van der Waals surface area (Å²) in [5, 5.41) is 3.16. The Hall–Kier alpha value is -3.11. The quantitative estimate of drug-likeness (QED) is 0.630. The molecule has 0 aliphatic carbocycles. The SMILES string of the molecule is O=C(COC(=O)c1ccccc1Cc1ccccc1)Nc1cccc(Cl)c1. The monoisotopic (exact) mass is 379 g/mol. The zero-order valence-electron chi connectivity index (χ0n) is 14.5. The Morgan fingerprint density at radius 2 is 1.63 bits per heavy atom. The van der Waals surface area contributed by atoms with E-state index in [2.05, 4.69) is 5.32 Å². The Morgan fingerprint density at radius 3 is 2.41 bits per heavy atom. The van der Waals surface area contributed by atoms with E-state index in [4.69, 9.17) is 16.3 Å². The van der Waals surface area contributed by atoms with Crippen molar-refractivity contribution in [3.63, 3.8) is 0 Å². The third kappa shape index (κ3) is 5.43. The van der Waals surface area contributed by atoms with Crippen LogP contribution in [0, 0.1) is 0 Å². The van der Waals surface area contributed by atoms with Crippen LogP contribution in [0.15, 0.2) is 78.9 Å². The number of nitrogens with one attached hydrogen (secondary N) is 1. The molecule has 0 aromatic heterocycles. The summed E-state index contributed by atoms with van der Waals surface area (Å²) in [5.41, 5.74) is 2.95. The molecule has 1 N–H and O–H groups in total. The lowest BCUT2D eigenvalue weighted by Gasteiger charge is -2.10. The predicted octanol–water partition coefficient (Wildman–Crippen LogP) is 4.73. The van der Waals surface area contributed by atoms with Crippen molar-refractivity contribution in [3.05, 3.63) is 101 Å². The third-order valence-electron chi connectivity index (χ3n) is 3.92. The molecule has 1 amide bonds. The molecule has 0 bridgehead atoms. The highest BCUT2D eigenvalue weighted by Gasteiger charge is 2.14. The second-order valence-corrected chi connectivity index (χ2v) is 6.39. The maximum atomic E-state index is 12.4. The van der Waals surface area contributed by atoms with E-state index < -0.39 is 11.9 Å². The molecule has 3 aromatic rings. The Kier molecular flexibility index (Phi) is 6.23. The first kappa shape index (κ1) is 18.7. The normalized spacial score (nSPS) is 10.3. The maximum absolute atomic E-state index is 12.4. The average molecular weight is 380 g/mol. The number of anilines is 1. The van der Waals surface area contributed by atoms with E-state index >= 15 is 0 Å². The molecule has 0 spiro atoms. The fourth-order valence-electron chi connectivity index (χ4n) is 2.66. The Labute approximate surface area is 162 Å². The molecule has 27 heavy (non-hydrogen) atoms. The summed E-state index contributed by atoms with van der Waals surface area (Å²) in [4.78, 5) is 24.4. The first-order chi connectivity index (χ1) is 13.1. The van der Waals surface area contributed by atoms with Gasteiger partial charge in [-0.3, -0.25) is 4.79 Å². The molecule has 0 aliphatic heterocycles. The van der Waals surface area contributed by atoms with E-state index in [0.717, 1.165) is 11.1 Å². The van der Waals surface area contributed by atoms with Crippen LogP contribution in [0.2, 0.25) is 5.02 Å². The number of halogens is 1. The highest BCUT2D eigenvalue weighted by atomic mass is 35.5. The molecule has 0 atom stereocenters. The van der Waals surface area contributed by atoms with Gasteiger partial charge in [-0.15, -0.1) is 0 Å². The van der Waals surface area contributed by atoms with Crippen molar-refractivity contribution >= 4 is 29.2 Å². The number of benzene rings is 3. The van der Waals surface area contributed by atoms with Crippen LogP contribution < -0.4 is 5.32 Å². The Balaban J connectivity index is 1.62. The lowest BCUT2D eigenvalue weighted by atomic mass is 10.00. The molecule has 3 rings (SSSR count). The van der Waals surface area contributed by atoms with Gasteiger partial charge < -0.3 is 10.1 Å². The molecule has 0 unspecified atom stereocenters. The highest BCUT2D eigenvalue weighted by molar-refractivity contribution is 6.30. The van der Waals surface area contributed by atoms with Crippen LogP contribution in [-0.4, -0.2) is 18.5 Å². The summed E-state index contributed by atoms with van der Waals surface area (Å²) < 4.78 is 5.19. The van der Waals surface area contributed by atoms with Crippen LogP contribution in [0.3, 0.4) is 0 Å². The summed E-state index contributed by atoms with van der Waals surface area (Å²) in [6.07, 6.45) is 0.612. The average Bonchev–Trinajstić information content (AvgIpc) is 2.67. The lowest BCUT2D eigenvalue weighted by molar-refractivity contribution is -0.119. The van der Waals surface area contributed by atoms with Crippen LogP contribution in [0.25, 0.3) is 0 Å². The van der Waals surface area contributed by atoms with Gasteiger partial charge in [0.25, 0.3) is 5.91 Å². The van der Waals surface area contributed by atoms with E-state index in [-0.39, 0.29) is 6.61 Å². The minimum Gasteiger partial charge on any atom is -0.452 e. The number of carbonyl (C=O) groups is 2. The number of amides is 1. The number of rotatable bonds is 6. The van der Waals surface area contributed by atoms with Crippen molar-refractivity contribution < 1.29 is 14.3 Å². The number of ether oxygens (including phenoxy) is 1. The van der Waals surface area contributed by atoms with Gasteiger partial charge in [-0.05, 0) is 41.8 Å². The van der Waals surface area contributed by atoms with Crippen molar-refractivity contribution in [1.29, 1.82) is 0 Å². The summed E-state index contributed by atoms with van der Waals surface area (Å²) in [6.45, 7) is -0.370. The molecule has 0 aliphatic rings. The first-order valence-electron chi connectivity index (χ1n) is 8.46. The van der Waals surface area contributed by atoms with Crippen LogP contribution in [0.5, 0.6) is 0 Å². The number of esters is 1. The van der Waals surface area contributed by atoms with E-state index in [9.17, 15) is 9.59 Å². The molecule has 3 aromatic carbocycles. The van der Waals surface area contributed by atoms with Gasteiger partial charge >= 0.3 is 5.97 Å². The van der Waals surface area contributed by atoms with Gasteiger partial charge in [-0.25, -0.2) is 4.79 Å². The van der Waals surface area contributed by atoms with Gasteiger partial charge in [0.2, 0.25) is 0 Å². The first-order valence-corrected chi connectivity index (χ1v) is 8.84. The van der Waals surface area contributed by atoms with Crippen molar-refractivity contribution in [3.8, 4) is 0 Å².